The van der Waals surface area contributed by atoms with E-state index < -0.39 is 6.10 Å². The maximum absolute atomic E-state index is 10.4. The zero-order valence-electron chi connectivity index (χ0n) is 11.3. The van der Waals surface area contributed by atoms with Crippen molar-refractivity contribution in [2.75, 3.05) is 0 Å². The van der Waals surface area contributed by atoms with E-state index in [9.17, 15) is 5.11 Å². The van der Waals surface area contributed by atoms with Gasteiger partial charge in [0.15, 0.2) is 0 Å². The molecule has 3 rings (SSSR count). The Labute approximate surface area is 116 Å². The zero-order valence-corrected chi connectivity index (χ0v) is 11.3. The van der Waals surface area contributed by atoms with E-state index in [1.54, 1.807) is 18.6 Å². The summed E-state index contributed by atoms with van der Waals surface area (Å²) in [5.74, 6) is 0. The topological polar surface area (TPSA) is 63.8 Å². The Morgan fingerprint density at radius 3 is 2.80 bits per heavy atom. The minimum absolute atomic E-state index is 0.551. The van der Waals surface area contributed by atoms with Gasteiger partial charge < -0.3 is 5.11 Å². The maximum Gasteiger partial charge on any atom is 0.0944 e. The van der Waals surface area contributed by atoms with Gasteiger partial charge in [-0.1, -0.05) is 12.1 Å². The Morgan fingerprint density at radius 1 is 1.15 bits per heavy atom. The van der Waals surface area contributed by atoms with Crippen molar-refractivity contribution in [3.05, 3.63) is 54.1 Å². The smallest absolute Gasteiger partial charge is 0.0944 e. The molecule has 0 amide bonds. The Kier molecular flexibility index (Phi) is 3.43. The molecule has 0 radical (unpaired) electrons. The van der Waals surface area contributed by atoms with Crippen LogP contribution < -0.4 is 0 Å². The van der Waals surface area contributed by atoms with Crippen LogP contribution in [0, 0.1) is 0 Å². The molecule has 0 aliphatic heterocycles. The van der Waals surface area contributed by atoms with Gasteiger partial charge in [0.2, 0.25) is 0 Å². The molecular formula is C15H16N4O. The number of aromatic nitrogens is 4. The van der Waals surface area contributed by atoms with E-state index in [0.29, 0.717) is 6.42 Å². The third kappa shape index (κ3) is 2.40. The average molecular weight is 268 g/mol. The lowest BCUT2D eigenvalue weighted by Gasteiger charge is -2.12. The van der Waals surface area contributed by atoms with Gasteiger partial charge in [-0.3, -0.25) is 14.6 Å². The van der Waals surface area contributed by atoms with Crippen molar-refractivity contribution < 1.29 is 5.11 Å². The third-order valence-electron chi connectivity index (χ3n) is 3.49. The molecule has 5 nitrogen and oxygen atoms in total. The van der Waals surface area contributed by atoms with Crippen LogP contribution in [0.3, 0.4) is 0 Å². The molecule has 0 bridgehead atoms. The first-order valence-electron chi connectivity index (χ1n) is 6.60. The molecule has 102 valence electrons. The quantitative estimate of drug-likeness (QED) is 0.786. The first-order chi connectivity index (χ1) is 9.75. The zero-order chi connectivity index (χ0) is 13.9. The molecule has 0 aliphatic rings. The fourth-order valence-corrected chi connectivity index (χ4v) is 2.37. The minimum Gasteiger partial charge on any atom is -0.388 e. The number of nitrogens with zero attached hydrogens (tertiary/aromatic N) is 4. The molecule has 20 heavy (non-hydrogen) atoms. The lowest BCUT2D eigenvalue weighted by molar-refractivity contribution is 0.168. The molecule has 0 fully saturated rings. The first-order valence-corrected chi connectivity index (χ1v) is 6.60. The predicted octanol–water partition coefficient (Wildman–Crippen LogP) is 2.03. The summed E-state index contributed by atoms with van der Waals surface area (Å²) in [6.45, 7) is 0. The third-order valence-corrected chi connectivity index (χ3v) is 3.49. The molecule has 0 saturated heterocycles. The van der Waals surface area contributed by atoms with Crippen LogP contribution in [0.1, 0.15) is 23.8 Å². The van der Waals surface area contributed by atoms with Gasteiger partial charge >= 0.3 is 0 Å². The van der Waals surface area contributed by atoms with E-state index >= 15 is 0 Å². The Hall–Kier alpha value is -2.27. The van der Waals surface area contributed by atoms with Crippen LogP contribution in [0.15, 0.2) is 42.9 Å². The normalized spacial score (nSPS) is 12.7. The average Bonchev–Trinajstić information content (AvgIpc) is 2.89. The summed E-state index contributed by atoms with van der Waals surface area (Å²) >= 11 is 0. The predicted molar refractivity (Wildman–Crippen MR) is 76.0 cm³/mol. The summed E-state index contributed by atoms with van der Waals surface area (Å²) in [6, 6.07) is 7.68. The number of hydrogen-bond acceptors (Lipinski definition) is 4. The highest BCUT2D eigenvalue weighted by Gasteiger charge is 2.13. The molecule has 0 aliphatic carbocycles. The van der Waals surface area contributed by atoms with Gasteiger partial charge in [0, 0.05) is 36.9 Å². The van der Waals surface area contributed by atoms with E-state index in [0.717, 1.165) is 28.7 Å². The fourth-order valence-electron chi connectivity index (χ4n) is 2.37. The maximum atomic E-state index is 10.4. The monoisotopic (exact) mass is 268 g/mol. The van der Waals surface area contributed by atoms with Gasteiger partial charge in [0.1, 0.15) is 0 Å². The molecular weight excluding hydrogens is 252 g/mol. The number of para-hydroxylation sites is 1. The van der Waals surface area contributed by atoms with Crippen molar-refractivity contribution in [2.45, 2.75) is 18.9 Å². The Bertz CT molecular complexity index is 717. The number of rotatable bonds is 4. The largest absolute Gasteiger partial charge is 0.388 e. The molecule has 1 unspecified atom stereocenters. The number of aliphatic hydroxyl groups is 1. The minimum atomic E-state index is -0.551. The summed E-state index contributed by atoms with van der Waals surface area (Å²) in [6.07, 6.45) is 5.94. The molecule has 1 N–H and O–H groups in total. The molecule has 0 saturated carbocycles. The van der Waals surface area contributed by atoms with Crippen molar-refractivity contribution in [1.29, 1.82) is 0 Å². The summed E-state index contributed by atoms with van der Waals surface area (Å²) < 4.78 is 1.83. The second-order valence-corrected chi connectivity index (χ2v) is 4.77. The van der Waals surface area contributed by atoms with Gasteiger partial charge in [0.25, 0.3) is 0 Å². The van der Waals surface area contributed by atoms with Crippen LogP contribution in [0.25, 0.3) is 11.0 Å². The number of benzene rings is 1. The summed E-state index contributed by atoms with van der Waals surface area (Å²) in [4.78, 5) is 8.59. The number of aryl methyl sites for hydroxylation is 2. The van der Waals surface area contributed by atoms with Crippen molar-refractivity contribution in [1.82, 2.24) is 19.7 Å². The van der Waals surface area contributed by atoms with Crippen LogP contribution in [0.5, 0.6) is 0 Å². The van der Waals surface area contributed by atoms with Gasteiger partial charge in [-0.05, 0) is 25.0 Å². The van der Waals surface area contributed by atoms with E-state index in [1.807, 2.05) is 36.0 Å². The lowest BCUT2D eigenvalue weighted by Crippen LogP contribution is -2.04. The van der Waals surface area contributed by atoms with Gasteiger partial charge in [0.05, 0.1) is 17.1 Å². The highest BCUT2D eigenvalue weighted by atomic mass is 16.3. The first kappa shape index (κ1) is 12.7. The van der Waals surface area contributed by atoms with Crippen molar-refractivity contribution in [3.8, 4) is 0 Å². The van der Waals surface area contributed by atoms with Gasteiger partial charge in [-0.2, -0.15) is 5.10 Å². The number of aliphatic hydroxyl groups excluding tert-OH is 1. The highest BCUT2D eigenvalue weighted by molar-refractivity contribution is 5.77. The van der Waals surface area contributed by atoms with E-state index in [-0.39, 0.29) is 0 Å². The molecule has 2 aromatic heterocycles. The Balaban J connectivity index is 1.82. The van der Waals surface area contributed by atoms with Crippen LogP contribution in [0.4, 0.5) is 0 Å². The van der Waals surface area contributed by atoms with Crippen molar-refractivity contribution >= 4 is 11.0 Å². The molecule has 1 atom stereocenters. The van der Waals surface area contributed by atoms with Gasteiger partial charge in [-0.25, -0.2) is 0 Å². The van der Waals surface area contributed by atoms with Crippen LogP contribution in [-0.4, -0.2) is 24.9 Å². The van der Waals surface area contributed by atoms with Crippen molar-refractivity contribution in [3.63, 3.8) is 0 Å². The molecule has 2 heterocycles. The fraction of sp³-hybridized carbons (Fsp3) is 0.267. The standard InChI is InChI=1S/C15H16N4O/c1-19-11(7-8-18-19)5-6-14(20)12-3-2-4-13-15(12)17-10-9-16-13/h2-4,7-10,14,20H,5-6H2,1H3. The number of hydrogen-bond donors (Lipinski definition) is 1. The van der Waals surface area contributed by atoms with Crippen LogP contribution >= 0.6 is 0 Å². The summed E-state index contributed by atoms with van der Waals surface area (Å²) in [7, 11) is 1.91. The second-order valence-electron chi connectivity index (χ2n) is 4.77. The SMILES string of the molecule is Cn1nccc1CCC(O)c1cccc2nccnc12. The Morgan fingerprint density at radius 2 is 2.00 bits per heavy atom. The molecule has 5 heteroatoms. The molecule has 1 aromatic carbocycles. The van der Waals surface area contributed by atoms with E-state index in [1.165, 1.54) is 0 Å². The molecule has 3 aromatic rings. The summed E-state index contributed by atoms with van der Waals surface area (Å²) in [5.41, 5.74) is 3.52. The van der Waals surface area contributed by atoms with Crippen LogP contribution in [-0.2, 0) is 13.5 Å². The van der Waals surface area contributed by atoms with Crippen molar-refractivity contribution in [2.24, 2.45) is 7.05 Å². The van der Waals surface area contributed by atoms with E-state index in [2.05, 4.69) is 15.1 Å². The lowest BCUT2D eigenvalue weighted by atomic mass is 10.0. The summed E-state index contributed by atoms with van der Waals surface area (Å²) in [5, 5.41) is 14.5. The number of fused-ring (bicyclic) bond motifs is 1. The van der Waals surface area contributed by atoms with Crippen LogP contribution in [0.2, 0.25) is 0 Å². The van der Waals surface area contributed by atoms with E-state index in [4.69, 9.17) is 0 Å². The highest BCUT2D eigenvalue weighted by Crippen LogP contribution is 2.24. The molecule has 0 spiro atoms. The van der Waals surface area contributed by atoms with Gasteiger partial charge in [-0.15, -0.1) is 0 Å². The second kappa shape index (κ2) is 5.38.